The number of hydrogen-bond donors (Lipinski definition) is 2. The van der Waals surface area contributed by atoms with Gasteiger partial charge in [-0.2, -0.15) is 0 Å². The van der Waals surface area contributed by atoms with Gasteiger partial charge in [0.05, 0.1) is 13.3 Å². The molecule has 0 spiro atoms. The van der Waals surface area contributed by atoms with Gasteiger partial charge in [0.15, 0.2) is 6.04 Å². The maximum atomic E-state index is 11.7. The molecular formula is C11H20N4O3. The highest BCUT2D eigenvalue weighted by atomic mass is 16.5. The molecule has 7 heteroatoms. The van der Waals surface area contributed by atoms with Crippen LogP contribution >= 0.6 is 0 Å². The first-order valence-corrected chi connectivity index (χ1v) is 5.93. The lowest BCUT2D eigenvalue weighted by atomic mass is 10.2. The zero-order valence-electron chi connectivity index (χ0n) is 11.0. The minimum atomic E-state index is -0.613. The molecular weight excluding hydrogens is 236 g/mol. The third-order valence-electron chi connectivity index (χ3n) is 2.33. The van der Waals surface area contributed by atoms with E-state index in [1.807, 2.05) is 13.8 Å². The highest BCUT2D eigenvalue weighted by molar-refractivity contribution is 5.76. The van der Waals surface area contributed by atoms with Crippen LogP contribution in [0.15, 0.2) is 6.20 Å². The number of methoxy groups -OCH3 is 1. The highest BCUT2D eigenvalue weighted by Crippen LogP contribution is 2.12. The first-order valence-electron chi connectivity index (χ1n) is 5.93. The number of aliphatic hydroxyl groups excluding tert-OH is 1. The molecule has 0 radical (unpaired) electrons. The molecule has 1 aromatic rings. The smallest absolute Gasteiger partial charge is 0.329 e. The van der Waals surface area contributed by atoms with Crippen LogP contribution in [0.5, 0.6) is 0 Å². The summed E-state index contributed by atoms with van der Waals surface area (Å²) in [5.41, 5.74) is 0.522. The number of aliphatic hydroxyl groups is 1. The van der Waals surface area contributed by atoms with Gasteiger partial charge in [0.1, 0.15) is 5.69 Å². The van der Waals surface area contributed by atoms with Gasteiger partial charge in [-0.1, -0.05) is 5.21 Å². The van der Waals surface area contributed by atoms with Crippen molar-refractivity contribution in [2.45, 2.75) is 38.9 Å². The number of rotatable bonds is 7. The maximum absolute atomic E-state index is 11.7. The van der Waals surface area contributed by atoms with Crippen LogP contribution in [0.25, 0.3) is 0 Å². The lowest BCUT2D eigenvalue weighted by Crippen LogP contribution is -2.34. The Bertz CT molecular complexity index is 378. The number of nitrogens with one attached hydrogen (secondary N) is 1. The van der Waals surface area contributed by atoms with E-state index in [-0.39, 0.29) is 12.6 Å². The summed E-state index contributed by atoms with van der Waals surface area (Å²) >= 11 is 0. The van der Waals surface area contributed by atoms with E-state index in [9.17, 15) is 4.79 Å². The van der Waals surface area contributed by atoms with E-state index in [0.717, 1.165) is 0 Å². The predicted molar refractivity (Wildman–Crippen MR) is 64.8 cm³/mol. The summed E-state index contributed by atoms with van der Waals surface area (Å²) in [6, 6.07) is -0.491. The summed E-state index contributed by atoms with van der Waals surface area (Å²) < 4.78 is 6.34. The minimum absolute atomic E-state index is 0.0971. The molecule has 0 aliphatic rings. The van der Waals surface area contributed by atoms with Gasteiger partial charge in [-0.25, -0.2) is 4.79 Å². The molecule has 18 heavy (non-hydrogen) atoms. The first kappa shape index (κ1) is 14.6. The molecule has 1 heterocycles. The number of hydrogen-bond acceptors (Lipinski definition) is 6. The summed E-state index contributed by atoms with van der Waals surface area (Å²) in [6.07, 6.45) is 2.29. The van der Waals surface area contributed by atoms with Crippen LogP contribution in [-0.4, -0.2) is 45.8 Å². The number of esters is 1. The number of carbonyl (C=O) groups is 1. The van der Waals surface area contributed by atoms with Crippen molar-refractivity contribution >= 4 is 5.97 Å². The quantitative estimate of drug-likeness (QED) is 0.661. The summed E-state index contributed by atoms with van der Waals surface area (Å²) in [5.74, 6) is -0.391. The monoisotopic (exact) mass is 256 g/mol. The molecule has 1 rings (SSSR count). The van der Waals surface area contributed by atoms with Crippen LogP contribution < -0.4 is 5.32 Å². The lowest BCUT2D eigenvalue weighted by Gasteiger charge is -2.16. The normalized spacial score (nSPS) is 12.7. The molecule has 0 aliphatic heterocycles. The van der Waals surface area contributed by atoms with E-state index in [4.69, 9.17) is 9.84 Å². The van der Waals surface area contributed by atoms with E-state index in [2.05, 4.69) is 15.6 Å². The Morgan fingerprint density at radius 3 is 2.89 bits per heavy atom. The average Bonchev–Trinajstić information content (AvgIpc) is 2.80. The number of nitrogens with zero attached hydrogens (tertiary/aromatic N) is 3. The Morgan fingerprint density at radius 1 is 1.61 bits per heavy atom. The second-order valence-corrected chi connectivity index (χ2v) is 4.26. The van der Waals surface area contributed by atoms with Gasteiger partial charge in [0.25, 0.3) is 0 Å². The molecule has 2 N–H and O–H groups in total. The lowest BCUT2D eigenvalue weighted by molar-refractivity contribution is -0.143. The summed E-state index contributed by atoms with van der Waals surface area (Å²) in [5, 5.41) is 19.7. The Labute approximate surface area is 106 Å². The van der Waals surface area contributed by atoms with Gasteiger partial charge in [-0.15, -0.1) is 5.10 Å². The molecule has 7 nitrogen and oxygen atoms in total. The van der Waals surface area contributed by atoms with Crippen molar-refractivity contribution in [3.8, 4) is 0 Å². The van der Waals surface area contributed by atoms with E-state index in [1.165, 1.54) is 7.11 Å². The maximum Gasteiger partial charge on any atom is 0.329 e. The van der Waals surface area contributed by atoms with Crippen molar-refractivity contribution in [3.05, 3.63) is 11.9 Å². The number of aryl methyl sites for hydroxylation is 1. The van der Waals surface area contributed by atoms with E-state index >= 15 is 0 Å². The van der Waals surface area contributed by atoms with Crippen molar-refractivity contribution in [1.82, 2.24) is 20.3 Å². The van der Waals surface area contributed by atoms with Crippen molar-refractivity contribution < 1.29 is 14.6 Å². The molecule has 0 fully saturated rings. The summed E-state index contributed by atoms with van der Waals surface area (Å²) in [6.45, 7) is 4.54. The molecule has 102 valence electrons. The molecule has 0 bridgehead atoms. The Hall–Kier alpha value is -1.47. The van der Waals surface area contributed by atoms with Gasteiger partial charge < -0.3 is 9.84 Å². The van der Waals surface area contributed by atoms with Crippen LogP contribution in [0.1, 0.15) is 32.0 Å². The van der Waals surface area contributed by atoms with Crippen molar-refractivity contribution in [2.24, 2.45) is 0 Å². The van der Waals surface area contributed by atoms with E-state index < -0.39 is 12.0 Å². The highest BCUT2D eigenvalue weighted by Gasteiger charge is 2.25. The van der Waals surface area contributed by atoms with E-state index in [1.54, 1.807) is 10.9 Å². The fraction of sp³-hybridized carbons (Fsp3) is 0.727. The zero-order chi connectivity index (χ0) is 13.5. The molecule has 0 saturated carbocycles. The second-order valence-electron chi connectivity index (χ2n) is 4.26. The number of ether oxygens (including phenoxy) is 1. The standard InChI is InChI=1S/C11H20N4O3/c1-8(2)12-10(11(17)18-3)9-7-15(14-13-9)5-4-6-16/h7-8,10,12,16H,4-6H2,1-3H3. The van der Waals surface area contributed by atoms with Crippen LogP contribution in [0, 0.1) is 0 Å². The molecule has 0 aliphatic carbocycles. The molecule has 1 unspecified atom stereocenters. The topological polar surface area (TPSA) is 89.3 Å². The van der Waals surface area contributed by atoms with Gasteiger partial charge in [-0.3, -0.25) is 10.00 Å². The predicted octanol–water partition coefficient (Wildman–Crippen LogP) is -0.127. The Kier molecular flexibility index (Phi) is 5.73. The fourth-order valence-corrected chi connectivity index (χ4v) is 1.51. The first-order chi connectivity index (χ1) is 8.58. The number of carbonyl (C=O) groups excluding carboxylic acids is 1. The van der Waals surface area contributed by atoms with Gasteiger partial charge in [0.2, 0.25) is 0 Å². The van der Waals surface area contributed by atoms with Crippen LogP contribution in [0.2, 0.25) is 0 Å². The zero-order valence-corrected chi connectivity index (χ0v) is 11.0. The van der Waals surface area contributed by atoms with Crippen molar-refractivity contribution in [1.29, 1.82) is 0 Å². The van der Waals surface area contributed by atoms with Crippen LogP contribution in [0.3, 0.4) is 0 Å². The number of aromatic nitrogens is 3. The summed E-state index contributed by atoms with van der Waals surface area (Å²) in [4.78, 5) is 11.7. The van der Waals surface area contributed by atoms with Gasteiger partial charge in [-0.05, 0) is 20.3 Å². The second kappa shape index (κ2) is 7.07. The van der Waals surface area contributed by atoms with Crippen LogP contribution in [0.4, 0.5) is 0 Å². The molecule has 1 atom stereocenters. The SMILES string of the molecule is COC(=O)C(NC(C)C)c1cn(CCCO)nn1. The van der Waals surface area contributed by atoms with Crippen molar-refractivity contribution in [2.75, 3.05) is 13.7 Å². The van der Waals surface area contributed by atoms with Gasteiger partial charge in [0, 0.05) is 19.2 Å². The largest absolute Gasteiger partial charge is 0.468 e. The molecule has 0 saturated heterocycles. The molecule has 1 aromatic heterocycles. The Balaban J connectivity index is 2.78. The minimum Gasteiger partial charge on any atom is -0.468 e. The van der Waals surface area contributed by atoms with Crippen molar-refractivity contribution in [3.63, 3.8) is 0 Å². The third kappa shape index (κ3) is 4.08. The Morgan fingerprint density at radius 2 is 2.33 bits per heavy atom. The molecule has 0 aromatic carbocycles. The third-order valence-corrected chi connectivity index (χ3v) is 2.33. The average molecular weight is 256 g/mol. The summed E-state index contributed by atoms with van der Waals surface area (Å²) in [7, 11) is 1.34. The van der Waals surface area contributed by atoms with Crippen LogP contribution in [-0.2, 0) is 16.1 Å². The molecule has 0 amide bonds. The van der Waals surface area contributed by atoms with Gasteiger partial charge >= 0.3 is 5.97 Å². The van der Waals surface area contributed by atoms with E-state index in [0.29, 0.717) is 18.7 Å². The fourth-order valence-electron chi connectivity index (χ4n) is 1.51.